The monoisotopic (exact) mass is 119 g/mol. The SMILES string of the molecule is CCCC(S)CN. The highest BCUT2D eigenvalue weighted by molar-refractivity contribution is 7.81. The highest BCUT2D eigenvalue weighted by atomic mass is 32.1. The molecule has 0 saturated heterocycles. The molecule has 1 nitrogen and oxygen atoms in total. The van der Waals surface area contributed by atoms with Gasteiger partial charge in [0.15, 0.2) is 0 Å². The van der Waals surface area contributed by atoms with Crippen molar-refractivity contribution in [1.82, 2.24) is 0 Å². The Balaban J connectivity index is 2.83. The Kier molecular flexibility index (Phi) is 4.67. The van der Waals surface area contributed by atoms with E-state index in [1.807, 2.05) is 0 Å². The van der Waals surface area contributed by atoms with Crippen LogP contribution in [0.1, 0.15) is 19.8 Å². The quantitative estimate of drug-likeness (QED) is 0.533. The lowest BCUT2D eigenvalue weighted by molar-refractivity contribution is 0.748. The minimum atomic E-state index is 0.421. The van der Waals surface area contributed by atoms with Gasteiger partial charge in [0.1, 0.15) is 0 Å². The Bertz CT molecular complexity index is 39.1. The van der Waals surface area contributed by atoms with Gasteiger partial charge in [0.2, 0.25) is 0 Å². The van der Waals surface area contributed by atoms with E-state index < -0.39 is 0 Å². The number of thiol groups is 1. The summed E-state index contributed by atoms with van der Waals surface area (Å²) in [5.74, 6) is 0. The molecule has 0 saturated carbocycles. The maximum atomic E-state index is 5.28. The van der Waals surface area contributed by atoms with Gasteiger partial charge >= 0.3 is 0 Å². The van der Waals surface area contributed by atoms with Crippen LogP contribution in [0.5, 0.6) is 0 Å². The summed E-state index contributed by atoms with van der Waals surface area (Å²) in [5, 5.41) is 0.421. The molecule has 0 spiro atoms. The topological polar surface area (TPSA) is 26.0 Å². The van der Waals surface area contributed by atoms with Gasteiger partial charge in [-0.3, -0.25) is 0 Å². The lowest BCUT2D eigenvalue weighted by atomic mass is 10.2. The molecule has 0 aliphatic heterocycles. The Morgan fingerprint density at radius 1 is 1.71 bits per heavy atom. The number of hydrogen-bond donors (Lipinski definition) is 2. The van der Waals surface area contributed by atoms with E-state index in [0.29, 0.717) is 11.8 Å². The van der Waals surface area contributed by atoms with E-state index in [0.717, 1.165) is 6.42 Å². The van der Waals surface area contributed by atoms with Crippen LogP contribution in [0.25, 0.3) is 0 Å². The largest absolute Gasteiger partial charge is 0.329 e. The molecule has 0 bridgehead atoms. The molecule has 0 fully saturated rings. The summed E-state index contributed by atoms with van der Waals surface area (Å²) in [5.41, 5.74) is 5.28. The van der Waals surface area contributed by atoms with E-state index in [9.17, 15) is 0 Å². The molecule has 0 heterocycles. The third-order valence-electron chi connectivity index (χ3n) is 0.894. The summed E-state index contributed by atoms with van der Waals surface area (Å²) < 4.78 is 0. The maximum absolute atomic E-state index is 5.28. The fourth-order valence-electron chi connectivity index (χ4n) is 0.451. The van der Waals surface area contributed by atoms with Gasteiger partial charge in [-0.05, 0) is 6.42 Å². The Morgan fingerprint density at radius 2 is 2.29 bits per heavy atom. The summed E-state index contributed by atoms with van der Waals surface area (Å²) in [7, 11) is 0. The van der Waals surface area contributed by atoms with Crippen molar-refractivity contribution < 1.29 is 0 Å². The smallest absolute Gasteiger partial charge is 0.0139 e. The first kappa shape index (κ1) is 7.31. The Morgan fingerprint density at radius 3 is 2.43 bits per heavy atom. The second-order valence-electron chi connectivity index (χ2n) is 1.68. The zero-order valence-electron chi connectivity index (χ0n) is 4.72. The van der Waals surface area contributed by atoms with E-state index in [1.165, 1.54) is 6.42 Å². The first-order chi connectivity index (χ1) is 3.31. The van der Waals surface area contributed by atoms with Crippen LogP contribution in [-0.2, 0) is 0 Å². The average molecular weight is 119 g/mol. The summed E-state index contributed by atoms with van der Waals surface area (Å²) in [6.07, 6.45) is 2.32. The molecular formula is C5H13NS. The predicted octanol–water partition coefficient (Wildman–Crippen LogP) is 1.04. The second-order valence-corrected chi connectivity index (χ2v) is 2.41. The molecule has 0 amide bonds. The highest BCUT2D eigenvalue weighted by Gasteiger charge is 1.93. The first-order valence-corrected chi connectivity index (χ1v) is 3.21. The highest BCUT2D eigenvalue weighted by Crippen LogP contribution is 2.00. The van der Waals surface area contributed by atoms with Crippen LogP contribution in [0.4, 0.5) is 0 Å². The molecule has 1 atom stereocenters. The minimum absolute atomic E-state index is 0.421. The van der Waals surface area contributed by atoms with E-state index in [4.69, 9.17) is 5.73 Å². The second kappa shape index (κ2) is 4.47. The molecule has 2 N–H and O–H groups in total. The van der Waals surface area contributed by atoms with Crippen molar-refractivity contribution in [3.05, 3.63) is 0 Å². The van der Waals surface area contributed by atoms with Gasteiger partial charge in [-0.25, -0.2) is 0 Å². The number of hydrogen-bond acceptors (Lipinski definition) is 2. The van der Waals surface area contributed by atoms with Crippen molar-refractivity contribution in [2.45, 2.75) is 25.0 Å². The maximum Gasteiger partial charge on any atom is 0.0139 e. The fourth-order valence-corrected chi connectivity index (χ4v) is 0.709. The van der Waals surface area contributed by atoms with Crippen molar-refractivity contribution in [2.75, 3.05) is 6.54 Å². The molecule has 0 aliphatic carbocycles. The van der Waals surface area contributed by atoms with Crippen LogP contribution >= 0.6 is 12.6 Å². The van der Waals surface area contributed by atoms with E-state index in [-0.39, 0.29) is 0 Å². The summed E-state index contributed by atoms with van der Waals surface area (Å²) in [4.78, 5) is 0. The van der Waals surface area contributed by atoms with Gasteiger partial charge in [0.05, 0.1) is 0 Å². The molecule has 44 valence electrons. The lowest BCUT2D eigenvalue weighted by Crippen LogP contribution is -2.13. The van der Waals surface area contributed by atoms with Crippen LogP contribution in [-0.4, -0.2) is 11.8 Å². The van der Waals surface area contributed by atoms with Crippen LogP contribution in [0.15, 0.2) is 0 Å². The van der Waals surface area contributed by atoms with E-state index in [1.54, 1.807) is 0 Å². The van der Waals surface area contributed by atoms with Gasteiger partial charge in [-0.15, -0.1) is 0 Å². The Labute approximate surface area is 50.7 Å². The summed E-state index contributed by atoms with van der Waals surface area (Å²) >= 11 is 4.19. The normalized spacial score (nSPS) is 14.1. The average Bonchev–Trinajstić information content (AvgIpc) is 1.68. The van der Waals surface area contributed by atoms with Gasteiger partial charge in [-0.1, -0.05) is 13.3 Å². The summed E-state index contributed by atoms with van der Waals surface area (Å²) in [6, 6.07) is 0. The molecule has 0 aromatic carbocycles. The van der Waals surface area contributed by atoms with Crippen LogP contribution in [0.2, 0.25) is 0 Å². The van der Waals surface area contributed by atoms with Gasteiger partial charge in [0, 0.05) is 11.8 Å². The van der Waals surface area contributed by atoms with Crippen molar-refractivity contribution >= 4 is 12.6 Å². The van der Waals surface area contributed by atoms with E-state index >= 15 is 0 Å². The number of rotatable bonds is 3. The van der Waals surface area contributed by atoms with Crippen molar-refractivity contribution in [3.8, 4) is 0 Å². The van der Waals surface area contributed by atoms with Crippen LogP contribution < -0.4 is 5.73 Å². The molecule has 0 aromatic rings. The predicted molar refractivity (Wildman–Crippen MR) is 36.7 cm³/mol. The van der Waals surface area contributed by atoms with Gasteiger partial charge in [-0.2, -0.15) is 12.6 Å². The molecule has 0 aliphatic rings. The molecule has 0 rings (SSSR count). The Hall–Kier alpha value is 0.310. The first-order valence-electron chi connectivity index (χ1n) is 2.69. The van der Waals surface area contributed by atoms with Gasteiger partial charge in [0.25, 0.3) is 0 Å². The zero-order valence-corrected chi connectivity index (χ0v) is 5.62. The third kappa shape index (κ3) is 4.16. The molecule has 7 heavy (non-hydrogen) atoms. The third-order valence-corrected chi connectivity index (χ3v) is 1.36. The van der Waals surface area contributed by atoms with Gasteiger partial charge < -0.3 is 5.73 Å². The number of nitrogens with two attached hydrogens (primary N) is 1. The van der Waals surface area contributed by atoms with Crippen molar-refractivity contribution in [3.63, 3.8) is 0 Å². The molecular weight excluding hydrogens is 106 g/mol. The van der Waals surface area contributed by atoms with Crippen LogP contribution in [0.3, 0.4) is 0 Å². The molecule has 0 aromatic heterocycles. The van der Waals surface area contributed by atoms with Crippen molar-refractivity contribution in [1.29, 1.82) is 0 Å². The molecule has 0 radical (unpaired) electrons. The minimum Gasteiger partial charge on any atom is -0.329 e. The molecule has 2 heteroatoms. The van der Waals surface area contributed by atoms with E-state index in [2.05, 4.69) is 19.6 Å². The zero-order chi connectivity index (χ0) is 5.70. The molecule has 1 unspecified atom stereocenters. The summed E-state index contributed by atoms with van der Waals surface area (Å²) in [6.45, 7) is 2.84. The van der Waals surface area contributed by atoms with Crippen molar-refractivity contribution in [2.24, 2.45) is 5.73 Å². The fraction of sp³-hybridized carbons (Fsp3) is 1.00. The van der Waals surface area contributed by atoms with Crippen LogP contribution in [0, 0.1) is 0 Å². The standard InChI is InChI=1S/C5H13NS/c1-2-3-5(7)4-6/h5,7H,2-4,6H2,1H3. The lowest BCUT2D eigenvalue weighted by Gasteiger charge is -2.01.